The van der Waals surface area contributed by atoms with E-state index >= 15 is 4.39 Å². The van der Waals surface area contributed by atoms with E-state index in [0.29, 0.717) is 23.8 Å². The minimum Gasteiger partial charge on any atom is -0.206 e. The van der Waals surface area contributed by atoms with Crippen LogP contribution in [0.5, 0.6) is 0 Å². The summed E-state index contributed by atoms with van der Waals surface area (Å²) in [7, 11) is 0. The van der Waals surface area contributed by atoms with Gasteiger partial charge >= 0.3 is 6.18 Å². The first-order chi connectivity index (χ1) is 15.1. The number of fused-ring (bicyclic) bond motifs is 1. The van der Waals surface area contributed by atoms with Crippen LogP contribution in [0, 0.1) is 47.0 Å². The van der Waals surface area contributed by atoms with Gasteiger partial charge in [-0.25, -0.2) is 13.2 Å². The van der Waals surface area contributed by atoms with E-state index in [2.05, 4.69) is 6.92 Å². The second kappa shape index (κ2) is 8.84. The highest BCUT2D eigenvalue weighted by Crippen LogP contribution is 2.41. The van der Waals surface area contributed by atoms with Crippen molar-refractivity contribution in [2.24, 2.45) is 17.8 Å². The second-order valence-electron chi connectivity index (χ2n) is 9.15. The van der Waals surface area contributed by atoms with Crippen molar-refractivity contribution in [2.75, 3.05) is 0 Å². The second-order valence-corrected chi connectivity index (χ2v) is 9.15. The van der Waals surface area contributed by atoms with E-state index in [1.54, 1.807) is 0 Å². The first-order valence-electron chi connectivity index (χ1n) is 11.0. The molecule has 0 saturated heterocycles. The molecule has 0 heterocycles. The molecule has 0 N–H and O–H groups in total. The normalized spacial score (nSPS) is 23.3. The van der Waals surface area contributed by atoms with E-state index in [1.165, 1.54) is 37.7 Å². The van der Waals surface area contributed by atoms with Gasteiger partial charge in [-0.2, -0.15) is 13.2 Å². The highest BCUT2D eigenvalue weighted by atomic mass is 19.4. The van der Waals surface area contributed by atoms with Gasteiger partial charge in [0.25, 0.3) is 0 Å². The van der Waals surface area contributed by atoms with Crippen LogP contribution in [0.1, 0.15) is 55.7 Å². The Hall–Kier alpha value is -2.42. The summed E-state index contributed by atoms with van der Waals surface area (Å²) in [6.07, 6.45) is 2.31. The van der Waals surface area contributed by atoms with Gasteiger partial charge in [0.15, 0.2) is 0 Å². The Bertz CT molecular complexity index is 1040. The monoisotopic (exact) mass is 450 g/mol. The molecule has 2 aromatic rings. The molecule has 2 aliphatic rings. The molecular weight excluding hydrogens is 426 g/mol. The van der Waals surface area contributed by atoms with Crippen molar-refractivity contribution in [1.82, 2.24) is 0 Å². The molecular formula is C26H24F6. The standard InChI is InChI=1S/C26H24F6/c1-15-2-4-16(5-3-15)17-6-8-20-18(12-17)7-9-21(25(20)29)19-13-23(27)22(24(28)14-19)10-11-26(30,31)32/h7,9,13-17H,2-6,8,12H2,1H3. The van der Waals surface area contributed by atoms with Crippen LogP contribution in [0.4, 0.5) is 26.3 Å². The lowest BCUT2D eigenvalue weighted by molar-refractivity contribution is -0.0696. The van der Waals surface area contributed by atoms with Crippen LogP contribution in [0.3, 0.4) is 0 Å². The summed E-state index contributed by atoms with van der Waals surface area (Å²) in [5.41, 5.74) is 0.525. The lowest BCUT2D eigenvalue weighted by Crippen LogP contribution is -2.26. The van der Waals surface area contributed by atoms with Crippen molar-refractivity contribution in [3.63, 3.8) is 0 Å². The summed E-state index contributed by atoms with van der Waals surface area (Å²) in [5.74, 6) is 1.30. The Morgan fingerprint density at radius 1 is 0.875 bits per heavy atom. The van der Waals surface area contributed by atoms with Crippen molar-refractivity contribution in [2.45, 2.75) is 58.0 Å². The van der Waals surface area contributed by atoms with Crippen LogP contribution in [-0.4, -0.2) is 6.18 Å². The maximum Gasteiger partial charge on any atom is 0.458 e. The fourth-order valence-corrected chi connectivity index (χ4v) is 5.20. The third kappa shape index (κ3) is 4.82. The zero-order valence-electron chi connectivity index (χ0n) is 17.8. The summed E-state index contributed by atoms with van der Waals surface area (Å²) >= 11 is 0. The van der Waals surface area contributed by atoms with E-state index in [4.69, 9.17) is 0 Å². The molecule has 0 nitrogen and oxygen atoms in total. The molecule has 1 saturated carbocycles. The fourth-order valence-electron chi connectivity index (χ4n) is 5.20. The van der Waals surface area contributed by atoms with Gasteiger partial charge in [0.05, 0.1) is 5.56 Å². The Kier molecular flexibility index (Phi) is 6.29. The van der Waals surface area contributed by atoms with Gasteiger partial charge in [-0.1, -0.05) is 37.8 Å². The number of benzene rings is 2. The molecule has 0 bridgehead atoms. The summed E-state index contributed by atoms with van der Waals surface area (Å²) in [6.45, 7) is 2.28. The van der Waals surface area contributed by atoms with Crippen LogP contribution < -0.4 is 0 Å². The molecule has 170 valence electrons. The maximum absolute atomic E-state index is 15.3. The van der Waals surface area contributed by atoms with Crippen molar-refractivity contribution in [1.29, 1.82) is 0 Å². The lowest BCUT2D eigenvalue weighted by Gasteiger charge is -2.36. The summed E-state index contributed by atoms with van der Waals surface area (Å²) in [6, 6.07) is 5.00. The molecule has 1 fully saturated rings. The van der Waals surface area contributed by atoms with Gasteiger partial charge in [0, 0.05) is 11.5 Å². The predicted octanol–water partition coefficient (Wildman–Crippen LogP) is 7.62. The molecule has 1 unspecified atom stereocenters. The van der Waals surface area contributed by atoms with Crippen molar-refractivity contribution in [3.8, 4) is 23.0 Å². The molecule has 4 rings (SSSR count). The van der Waals surface area contributed by atoms with Crippen LogP contribution in [0.2, 0.25) is 0 Å². The summed E-state index contributed by atoms with van der Waals surface area (Å²) in [5, 5.41) is 0. The number of rotatable bonds is 2. The Morgan fingerprint density at radius 3 is 2.16 bits per heavy atom. The number of hydrogen-bond donors (Lipinski definition) is 0. The van der Waals surface area contributed by atoms with Gasteiger partial charge in [-0.3, -0.25) is 0 Å². The van der Waals surface area contributed by atoms with Gasteiger partial charge in [0.1, 0.15) is 17.5 Å². The molecule has 0 amide bonds. The molecule has 0 radical (unpaired) electrons. The Labute approximate surface area is 184 Å². The van der Waals surface area contributed by atoms with Crippen LogP contribution in [0.15, 0.2) is 24.3 Å². The molecule has 2 aromatic carbocycles. The van der Waals surface area contributed by atoms with Crippen molar-refractivity contribution >= 4 is 0 Å². The summed E-state index contributed by atoms with van der Waals surface area (Å²) in [4.78, 5) is 0. The van der Waals surface area contributed by atoms with Crippen molar-refractivity contribution in [3.05, 3.63) is 58.4 Å². The van der Waals surface area contributed by atoms with Crippen LogP contribution in [-0.2, 0) is 12.8 Å². The maximum atomic E-state index is 15.3. The van der Waals surface area contributed by atoms with E-state index in [-0.39, 0.29) is 11.1 Å². The van der Waals surface area contributed by atoms with E-state index in [1.807, 2.05) is 6.07 Å². The predicted molar refractivity (Wildman–Crippen MR) is 111 cm³/mol. The number of alkyl halides is 3. The first kappa shape index (κ1) is 22.8. The SMILES string of the molecule is CC1CCC(C2CCc3c(ccc(-c4cc(F)c(C#CC(F)(F)F)c(F)c4)c3F)C2)CC1. The highest BCUT2D eigenvalue weighted by molar-refractivity contribution is 5.67. The topological polar surface area (TPSA) is 0 Å². The molecule has 0 aromatic heterocycles. The largest absolute Gasteiger partial charge is 0.458 e. The molecule has 0 aliphatic heterocycles. The molecule has 32 heavy (non-hydrogen) atoms. The van der Waals surface area contributed by atoms with E-state index in [9.17, 15) is 22.0 Å². The Balaban J connectivity index is 1.60. The Morgan fingerprint density at radius 2 is 1.53 bits per heavy atom. The molecule has 2 aliphatic carbocycles. The van der Waals surface area contributed by atoms with Gasteiger partial charge < -0.3 is 0 Å². The van der Waals surface area contributed by atoms with Gasteiger partial charge in [0.2, 0.25) is 0 Å². The average molecular weight is 450 g/mol. The van der Waals surface area contributed by atoms with Gasteiger partial charge in [-0.15, -0.1) is 0 Å². The molecule has 1 atom stereocenters. The van der Waals surface area contributed by atoms with Crippen molar-refractivity contribution < 1.29 is 26.3 Å². The smallest absolute Gasteiger partial charge is 0.206 e. The quantitative estimate of drug-likeness (QED) is 0.326. The third-order valence-electron chi connectivity index (χ3n) is 7.00. The zero-order valence-corrected chi connectivity index (χ0v) is 17.8. The molecule has 6 heteroatoms. The third-order valence-corrected chi connectivity index (χ3v) is 7.00. The van der Waals surface area contributed by atoms with E-state index < -0.39 is 29.2 Å². The summed E-state index contributed by atoms with van der Waals surface area (Å²) < 4.78 is 80.7. The van der Waals surface area contributed by atoms with E-state index in [0.717, 1.165) is 42.4 Å². The fraction of sp³-hybridized carbons (Fsp3) is 0.462. The number of halogens is 6. The minimum atomic E-state index is -4.87. The van der Waals surface area contributed by atoms with Crippen LogP contribution in [0.25, 0.3) is 11.1 Å². The number of hydrogen-bond acceptors (Lipinski definition) is 0. The van der Waals surface area contributed by atoms with Gasteiger partial charge in [-0.05, 0) is 78.7 Å². The average Bonchev–Trinajstić information content (AvgIpc) is 2.73. The van der Waals surface area contributed by atoms with Crippen LogP contribution >= 0.6 is 0 Å². The minimum absolute atomic E-state index is 0.0434. The zero-order chi connectivity index (χ0) is 23.0. The molecule has 0 spiro atoms. The highest BCUT2D eigenvalue weighted by Gasteiger charge is 2.31. The lowest BCUT2D eigenvalue weighted by atomic mass is 9.70. The first-order valence-corrected chi connectivity index (χ1v) is 11.0.